The van der Waals surface area contributed by atoms with Gasteiger partial charge in [-0.2, -0.15) is 5.10 Å². The van der Waals surface area contributed by atoms with Crippen molar-refractivity contribution in [3.05, 3.63) is 45.7 Å². The van der Waals surface area contributed by atoms with Crippen LogP contribution in [0, 0.1) is 20.8 Å². The van der Waals surface area contributed by atoms with Gasteiger partial charge in [0.15, 0.2) is 0 Å². The molecule has 1 heterocycles. The summed E-state index contributed by atoms with van der Waals surface area (Å²) in [6, 6.07) is 6.28. The highest BCUT2D eigenvalue weighted by atomic mass is 35.5. The van der Waals surface area contributed by atoms with Crippen LogP contribution >= 0.6 is 11.6 Å². The Bertz CT molecular complexity index is 587. The van der Waals surface area contributed by atoms with Crippen molar-refractivity contribution in [2.24, 2.45) is 0 Å². The molecule has 0 aliphatic heterocycles. The first-order valence-corrected chi connectivity index (χ1v) is 6.94. The van der Waals surface area contributed by atoms with E-state index in [1.54, 1.807) is 0 Å². The predicted molar refractivity (Wildman–Crippen MR) is 80.9 cm³/mol. The van der Waals surface area contributed by atoms with E-state index in [9.17, 15) is 0 Å². The highest BCUT2D eigenvalue weighted by Gasteiger charge is 2.12. The van der Waals surface area contributed by atoms with Crippen molar-refractivity contribution in [1.82, 2.24) is 9.78 Å². The van der Waals surface area contributed by atoms with Gasteiger partial charge in [0.05, 0.1) is 23.0 Å². The summed E-state index contributed by atoms with van der Waals surface area (Å²) in [5.41, 5.74) is 5.65. The zero-order chi connectivity index (χ0) is 14.0. The number of nitrogens with one attached hydrogen (secondary N) is 1. The second-order valence-electron chi connectivity index (χ2n) is 4.76. The highest BCUT2D eigenvalue weighted by molar-refractivity contribution is 6.31. The molecule has 19 heavy (non-hydrogen) atoms. The van der Waals surface area contributed by atoms with Crippen LogP contribution in [0.5, 0.6) is 0 Å². The molecule has 0 radical (unpaired) electrons. The zero-order valence-corrected chi connectivity index (χ0v) is 12.7. The molecule has 2 aromatic rings. The van der Waals surface area contributed by atoms with Crippen LogP contribution in [0.4, 0.5) is 5.69 Å². The second kappa shape index (κ2) is 5.66. The van der Waals surface area contributed by atoms with E-state index in [4.69, 9.17) is 11.6 Å². The molecule has 1 N–H and O–H groups in total. The molecule has 1 aromatic heterocycles. The summed E-state index contributed by atoms with van der Waals surface area (Å²) in [5.74, 6) is 0. The fourth-order valence-corrected chi connectivity index (χ4v) is 2.36. The molecule has 0 saturated heterocycles. The molecule has 3 nitrogen and oxygen atoms in total. The average Bonchev–Trinajstić information content (AvgIpc) is 2.67. The van der Waals surface area contributed by atoms with Gasteiger partial charge in [-0.05, 0) is 44.9 Å². The molecule has 4 heteroatoms. The monoisotopic (exact) mass is 277 g/mol. The minimum Gasteiger partial charge on any atom is -0.379 e. The Morgan fingerprint density at radius 2 is 2.00 bits per heavy atom. The molecule has 0 aliphatic rings. The summed E-state index contributed by atoms with van der Waals surface area (Å²) in [5, 5.41) is 8.64. The van der Waals surface area contributed by atoms with Gasteiger partial charge in [-0.3, -0.25) is 4.68 Å². The summed E-state index contributed by atoms with van der Waals surface area (Å²) in [4.78, 5) is 0. The normalized spacial score (nSPS) is 10.8. The number of hydrogen-bond donors (Lipinski definition) is 1. The third-order valence-corrected chi connectivity index (χ3v) is 4.00. The van der Waals surface area contributed by atoms with E-state index in [0.717, 1.165) is 28.6 Å². The topological polar surface area (TPSA) is 29.9 Å². The van der Waals surface area contributed by atoms with E-state index < -0.39 is 0 Å². The Morgan fingerprint density at radius 3 is 2.68 bits per heavy atom. The van der Waals surface area contributed by atoms with Gasteiger partial charge in [-0.15, -0.1) is 0 Å². The van der Waals surface area contributed by atoms with Gasteiger partial charge in [0, 0.05) is 12.2 Å². The molecular weight excluding hydrogens is 258 g/mol. The zero-order valence-electron chi connectivity index (χ0n) is 11.9. The average molecular weight is 278 g/mol. The van der Waals surface area contributed by atoms with Gasteiger partial charge in [0.2, 0.25) is 0 Å². The van der Waals surface area contributed by atoms with E-state index in [1.807, 2.05) is 11.6 Å². The number of aromatic nitrogens is 2. The number of nitrogens with zero attached hydrogens (tertiary/aromatic N) is 2. The Morgan fingerprint density at radius 1 is 1.26 bits per heavy atom. The predicted octanol–water partition coefficient (Wildman–Crippen LogP) is 4.09. The van der Waals surface area contributed by atoms with Crippen molar-refractivity contribution >= 4 is 17.3 Å². The van der Waals surface area contributed by atoms with E-state index in [0.29, 0.717) is 6.54 Å². The van der Waals surface area contributed by atoms with Crippen LogP contribution in [0.3, 0.4) is 0 Å². The van der Waals surface area contributed by atoms with Crippen molar-refractivity contribution in [3.8, 4) is 0 Å². The van der Waals surface area contributed by atoms with E-state index in [2.05, 4.69) is 49.4 Å². The first kappa shape index (κ1) is 13.9. The highest BCUT2D eigenvalue weighted by Crippen LogP contribution is 2.23. The van der Waals surface area contributed by atoms with Gasteiger partial charge < -0.3 is 5.32 Å². The fourth-order valence-electron chi connectivity index (χ4n) is 2.16. The Kier molecular flexibility index (Phi) is 4.15. The maximum atomic E-state index is 6.31. The number of anilines is 1. The molecule has 0 amide bonds. The molecule has 0 atom stereocenters. The smallest absolute Gasteiger partial charge is 0.0865 e. The molecule has 102 valence electrons. The number of aryl methyl sites for hydroxylation is 3. The van der Waals surface area contributed by atoms with E-state index in [-0.39, 0.29) is 0 Å². The summed E-state index contributed by atoms with van der Waals surface area (Å²) in [7, 11) is 0. The number of rotatable bonds is 4. The number of halogens is 1. The van der Waals surface area contributed by atoms with Crippen LogP contribution in [0.2, 0.25) is 5.02 Å². The second-order valence-corrected chi connectivity index (χ2v) is 5.14. The lowest BCUT2D eigenvalue weighted by molar-refractivity contribution is 0.623. The molecule has 0 unspecified atom stereocenters. The third-order valence-electron chi connectivity index (χ3n) is 3.50. The van der Waals surface area contributed by atoms with Crippen molar-refractivity contribution in [3.63, 3.8) is 0 Å². The van der Waals surface area contributed by atoms with Crippen molar-refractivity contribution < 1.29 is 0 Å². The molecule has 0 spiro atoms. The van der Waals surface area contributed by atoms with E-state index >= 15 is 0 Å². The summed E-state index contributed by atoms with van der Waals surface area (Å²) in [6.45, 7) is 9.78. The lowest BCUT2D eigenvalue weighted by Gasteiger charge is -2.12. The van der Waals surface area contributed by atoms with Gasteiger partial charge in [-0.25, -0.2) is 0 Å². The summed E-state index contributed by atoms with van der Waals surface area (Å²) in [6.07, 6.45) is 0. The molecule has 0 bridgehead atoms. The Labute approximate surface area is 119 Å². The number of benzene rings is 1. The van der Waals surface area contributed by atoms with Gasteiger partial charge in [0.1, 0.15) is 0 Å². The number of hydrogen-bond acceptors (Lipinski definition) is 2. The first-order chi connectivity index (χ1) is 9.04. The largest absolute Gasteiger partial charge is 0.379 e. The van der Waals surface area contributed by atoms with Crippen molar-refractivity contribution in [1.29, 1.82) is 0 Å². The third kappa shape index (κ3) is 2.76. The fraction of sp³-hybridized carbons (Fsp3) is 0.400. The van der Waals surface area contributed by atoms with E-state index in [1.165, 1.54) is 11.1 Å². The summed E-state index contributed by atoms with van der Waals surface area (Å²) < 4.78 is 1.95. The standard InChI is InChI=1S/C15H20ClN3/c1-5-19-14(15(16)12(4)18-19)9-17-13-8-6-7-10(2)11(13)3/h6-8,17H,5,9H2,1-4H3. The SMILES string of the molecule is CCn1nc(C)c(Cl)c1CNc1cccc(C)c1C. The summed E-state index contributed by atoms with van der Waals surface area (Å²) >= 11 is 6.31. The molecule has 0 fully saturated rings. The van der Waals surface area contributed by atoms with Gasteiger partial charge in [0.25, 0.3) is 0 Å². The van der Waals surface area contributed by atoms with Crippen molar-refractivity contribution in [2.45, 2.75) is 40.8 Å². The molecule has 0 saturated carbocycles. The minimum absolute atomic E-state index is 0.692. The van der Waals surface area contributed by atoms with Gasteiger partial charge >= 0.3 is 0 Å². The maximum absolute atomic E-state index is 6.31. The lowest BCUT2D eigenvalue weighted by atomic mass is 10.1. The van der Waals surface area contributed by atoms with Crippen LogP contribution < -0.4 is 5.32 Å². The van der Waals surface area contributed by atoms with Crippen LogP contribution in [0.25, 0.3) is 0 Å². The molecule has 2 rings (SSSR count). The maximum Gasteiger partial charge on any atom is 0.0865 e. The van der Waals surface area contributed by atoms with Crippen LogP contribution in [0.15, 0.2) is 18.2 Å². The van der Waals surface area contributed by atoms with Crippen molar-refractivity contribution in [2.75, 3.05) is 5.32 Å². The van der Waals surface area contributed by atoms with Gasteiger partial charge in [-0.1, -0.05) is 23.7 Å². The lowest BCUT2D eigenvalue weighted by Crippen LogP contribution is -2.09. The molecule has 0 aliphatic carbocycles. The Hall–Kier alpha value is -1.48. The van der Waals surface area contributed by atoms with Crippen LogP contribution in [-0.4, -0.2) is 9.78 Å². The van der Waals surface area contributed by atoms with Crippen LogP contribution in [-0.2, 0) is 13.1 Å². The molecule has 1 aromatic carbocycles. The minimum atomic E-state index is 0.692. The first-order valence-electron chi connectivity index (χ1n) is 6.56. The Balaban J connectivity index is 2.21. The molecular formula is C15H20ClN3. The quantitative estimate of drug-likeness (QED) is 0.912. The van der Waals surface area contributed by atoms with Crippen LogP contribution in [0.1, 0.15) is 29.4 Å².